The maximum absolute atomic E-state index is 14.2. The summed E-state index contributed by atoms with van der Waals surface area (Å²) in [6, 6.07) is 8.58. The number of hydrogen-bond acceptors (Lipinski definition) is 4. The van der Waals surface area contributed by atoms with Crippen molar-refractivity contribution in [2.24, 2.45) is 0 Å². The Balaban J connectivity index is 2.04. The Bertz CT molecular complexity index is 950. The molecular formula is C17H11ClF2N2OS. The third-order valence-corrected chi connectivity index (χ3v) is 4.88. The van der Waals surface area contributed by atoms with E-state index < -0.39 is 17.5 Å². The van der Waals surface area contributed by atoms with E-state index in [2.05, 4.69) is 4.98 Å². The Kier molecular flexibility index (Phi) is 4.69. The number of fused-ring (bicyclic) bond motifs is 1. The lowest BCUT2D eigenvalue weighted by Gasteiger charge is -2.11. The predicted molar refractivity (Wildman–Crippen MR) is 92.2 cm³/mol. The van der Waals surface area contributed by atoms with E-state index in [0.717, 1.165) is 6.21 Å². The van der Waals surface area contributed by atoms with Gasteiger partial charge in [-0.1, -0.05) is 29.8 Å². The molecule has 0 saturated heterocycles. The minimum atomic E-state index is -0.537. The van der Waals surface area contributed by atoms with E-state index >= 15 is 0 Å². The van der Waals surface area contributed by atoms with Crippen molar-refractivity contribution in [1.82, 2.24) is 4.98 Å². The normalized spacial score (nSPS) is 11.0. The average Bonchev–Trinajstić information content (AvgIpc) is 2.54. The van der Waals surface area contributed by atoms with Gasteiger partial charge < -0.3 is 10.5 Å². The fourth-order valence-corrected chi connectivity index (χ4v) is 3.67. The van der Waals surface area contributed by atoms with Crippen LogP contribution in [0.4, 0.5) is 8.78 Å². The molecule has 0 aliphatic heterocycles. The van der Waals surface area contributed by atoms with Crippen LogP contribution >= 0.6 is 23.4 Å². The Morgan fingerprint density at radius 2 is 2.04 bits per heavy atom. The Hall–Kier alpha value is -2.18. The Morgan fingerprint density at radius 1 is 1.25 bits per heavy atom. The van der Waals surface area contributed by atoms with Crippen molar-refractivity contribution >= 4 is 40.3 Å². The molecule has 0 aliphatic carbocycles. The van der Waals surface area contributed by atoms with E-state index in [1.54, 1.807) is 18.2 Å². The first-order valence-corrected chi connectivity index (χ1v) is 8.26. The van der Waals surface area contributed by atoms with Crippen LogP contribution < -0.4 is 0 Å². The molecule has 7 heteroatoms. The smallest absolute Gasteiger partial charge is 0.221 e. The summed E-state index contributed by atoms with van der Waals surface area (Å²) >= 11 is 7.25. The molecule has 0 amide bonds. The number of rotatable bonds is 4. The highest BCUT2D eigenvalue weighted by Gasteiger charge is 2.16. The van der Waals surface area contributed by atoms with E-state index in [1.807, 2.05) is 0 Å². The SMILES string of the molecule is N=Cc1c(O)nc(SCc2ccc(F)cc2Cl)c2cccc(F)c12. The zero-order chi connectivity index (χ0) is 17.3. The Labute approximate surface area is 145 Å². The van der Waals surface area contributed by atoms with Gasteiger partial charge in [-0.3, -0.25) is 0 Å². The maximum atomic E-state index is 14.2. The van der Waals surface area contributed by atoms with Crippen molar-refractivity contribution in [1.29, 1.82) is 5.41 Å². The van der Waals surface area contributed by atoms with Crippen molar-refractivity contribution in [3.63, 3.8) is 0 Å². The van der Waals surface area contributed by atoms with Crippen molar-refractivity contribution in [2.75, 3.05) is 0 Å². The monoisotopic (exact) mass is 364 g/mol. The minimum Gasteiger partial charge on any atom is -0.493 e. The lowest BCUT2D eigenvalue weighted by Crippen LogP contribution is -1.95. The second-order valence-corrected chi connectivity index (χ2v) is 6.36. The molecular weight excluding hydrogens is 354 g/mol. The summed E-state index contributed by atoms with van der Waals surface area (Å²) in [7, 11) is 0. The Morgan fingerprint density at radius 3 is 2.75 bits per heavy atom. The quantitative estimate of drug-likeness (QED) is 0.496. The van der Waals surface area contributed by atoms with Crippen LogP contribution in [0.5, 0.6) is 5.88 Å². The van der Waals surface area contributed by atoms with Crippen molar-refractivity contribution in [3.05, 3.63) is 64.2 Å². The van der Waals surface area contributed by atoms with Crippen LogP contribution in [0.25, 0.3) is 10.8 Å². The van der Waals surface area contributed by atoms with Gasteiger partial charge in [0.1, 0.15) is 16.7 Å². The van der Waals surface area contributed by atoms with Gasteiger partial charge in [-0.15, -0.1) is 11.8 Å². The van der Waals surface area contributed by atoms with Crippen molar-refractivity contribution in [3.8, 4) is 5.88 Å². The molecule has 2 aromatic carbocycles. The van der Waals surface area contributed by atoms with Gasteiger partial charge in [0.2, 0.25) is 5.88 Å². The van der Waals surface area contributed by atoms with Crippen LogP contribution in [0, 0.1) is 17.0 Å². The number of halogens is 3. The summed E-state index contributed by atoms with van der Waals surface area (Å²) in [6.45, 7) is 0. The highest BCUT2D eigenvalue weighted by molar-refractivity contribution is 7.98. The van der Waals surface area contributed by atoms with E-state index in [9.17, 15) is 13.9 Å². The van der Waals surface area contributed by atoms with E-state index in [1.165, 1.54) is 30.0 Å². The largest absolute Gasteiger partial charge is 0.493 e. The zero-order valence-corrected chi connectivity index (χ0v) is 13.8. The first-order valence-electron chi connectivity index (χ1n) is 6.89. The van der Waals surface area contributed by atoms with Gasteiger partial charge in [0, 0.05) is 27.8 Å². The van der Waals surface area contributed by atoms with Crippen LogP contribution in [0.2, 0.25) is 5.02 Å². The molecule has 0 saturated carbocycles. The van der Waals surface area contributed by atoms with Gasteiger partial charge in [-0.2, -0.15) is 0 Å². The maximum Gasteiger partial charge on any atom is 0.221 e. The third kappa shape index (κ3) is 3.07. The molecule has 1 aromatic heterocycles. The van der Waals surface area contributed by atoms with Gasteiger partial charge in [-0.05, 0) is 23.8 Å². The predicted octanol–water partition coefficient (Wildman–Crippen LogP) is 5.16. The molecule has 0 spiro atoms. The molecule has 0 bridgehead atoms. The van der Waals surface area contributed by atoms with Crippen LogP contribution in [-0.4, -0.2) is 16.3 Å². The molecule has 0 fully saturated rings. The highest BCUT2D eigenvalue weighted by atomic mass is 35.5. The molecule has 0 radical (unpaired) electrons. The molecule has 122 valence electrons. The second-order valence-electron chi connectivity index (χ2n) is 4.99. The van der Waals surface area contributed by atoms with Gasteiger partial charge in [0.15, 0.2) is 0 Å². The van der Waals surface area contributed by atoms with Crippen LogP contribution in [-0.2, 0) is 5.75 Å². The minimum absolute atomic E-state index is 0.0345. The lowest BCUT2D eigenvalue weighted by molar-refractivity contribution is 0.449. The molecule has 3 nitrogen and oxygen atoms in total. The average molecular weight is 365 g/mol. The number of nitrogens with zero attached hydrogens (tertiary/aromatic N) is 1. The second kappa shape index (κ2) is 6.75. The first kappa shape index (κ1) is 16.7. The molecule has 3 aromatic rings. The van der Waals surface area contributed by atoms with Gasteiger partial charge in [-0.25, -0.2) is 13.8 Å². The molecule has 2 N–H and O–H groups in total. The van der Waals surface area contributed by atoms with E-state index in [0.29, 0.717) is 26.8 Å². The fourth-order valence-electron chi connectivity index (χ4n) is 2.34. The zero-order valence-electron chi connectivity index (χ0n) is 12.2. The number of thioether (sulfide) groups is 1. The van der Waals surface area contributed by atoms with Crippen molar-refractivity contribution in [2.45, 2.75) is 10.8 Å². The van der Waals surface area contributed by atoms with Crippen molar-refractivity contribution < 1.29 is 13.9 Å². The summed E-state index contributed by atoms with van der Waals surface area (Å²) in [5.74, 6) is -0.991. The number of nitrogens with one attached hydrogen (secondary N) is 1. The molecule has 0 aliphatic rings. The number of pyridine rings is 1. The van der Waals surface area contributed by atoms with Crippen LogP contribution in [0.15, 0.2) is 41.4 Å². The van der Waals surface area contributed by atoms with E-state index in [-0.39, 0.29) is 10.9 Å². The first-order chi connectivity index (χ1) is 11.5. The van der Waals surface area contributed by atoms with Crippen LogP contribution in [0.3, 0.4) is 0 Å². The molecule has 24 heavy (non-hydrogen) atoms. The molecule has 3 rings (SSSR count). The lowest BCUT2D eigenvalue weighted by atomic mass is 10.1. The fraction of sp³-hybridized carbons (Fsp3) is 0.0588. The molecule has 1 heterocycles. The highest BCUT2D eigenvalue weighted by Crippen LogP contribution is 2.35. The number of aromatic hydroxyl groups is 1. The number of hydrogen-bond donors (Lipinski definition) is 2. The summed E-state index contributed by atoms with van der Waals surface area (Å²) in [5.41, 5.74) is 0.734. The van der Waals surface area contributed by atoms with E-state index in [4.69, 9.17) is 17.0 Å². The summed E-state index contributed by atoms with van der Waals surface area (Å²) in [6.07, 6.45) is 0.874. The number of aromatic nitrogens is 1. The molecule has 0 atom stereocenters. The standard InChI is InChI=1S/C17H11ClF2N2OS/c18-13-6-10(19)5-4-9(13)8-24-17-11-2-1-3-14(20)15(11)12(7-21)16(23)22-17/h1-7,21H,8H2,(H,22,23). The van der Waals surface area contributed by atoms with Crippen LogP contribution in [0.1, 0.15) is 11.1 Å². The van der Waals surface area contributed by atoms with Gasteiger partial charge in [0.25, 0.3) is 0 Å². The van der Waals surface area contributed by atoms with Gasteiger partial charge in [0.05, 0.1) is 5.56 Å². The summed E-state index contributed by atoms with van der Waals surface area (Å²) < 4.78 is 27.3. The van der Waals surface area contributed by atoms with Gasteiger partial charge >= 0.3 is 0 Å². The summed E-state index contributed by atoms with van der Waals surface area (Å²) in [5, 5.41) is 18.7. The number of benzene rings is 2. The third-order valence-electron chi connectivity index (χ3n) is 3.49. The topological polar surface area (TPSA) is 57.0 Å². The molecule has 0 unspecified atom stereocenters. The summed E-state index contributed by atoms with van der Waals surface area (Å²) in [4.78, 5) is 4.06.